The zero-order valence-electron chi connectivity index (χ0n) is 8.36. The second kappa shape index (κ2) is 3.62. The molecular formula is C10H8F3N3. The van der Waals surface area contributed by atoms with Crippen molar-refractivity contribution in [3.63, 3.8) is 0 Å². The molecule has 84 valence electrons. The van der Waals surface area contributed by atoms with Crippen LogP contribution in [0.3, 0.4) is 0 Å². The van der Waals surface area contributed by atoms with Crippen molar-refractivity contribution in [2.45, 2.75) is 13.1 Å². The third-order valence-corrected chi connectivity index (χ3v) is 2.04. The molecule has 0 saturated heterocycles. The lowest BCUT2D eigenvalue weighted by Crippen LogP contribution is -2.07. The number of hydrogen-bond acceptors (Lipinski definition) is 2. The molecule has 0 aliphatic rings. The van der Waals surface area contributed by atoms with Crippen molar-refractivity contribution in [2.75, 3.05) is 0 Å². The van der Waals surface area contributed by atoms with Crippen LogP contribution in [-0.2, 0) is 6.18 Å². The maximum absolute atomic E-state index is 12.3. The van der Waals surface area contributed by atoms with Gasteiger partial charge in [0.2, 0.25) is 0 Å². The monoisotopic (exact) mass is 227 g/mol. The largest absolute Gasteiger partial charge is 0.435 e. The van der Waals surface area contributed by atoms with Gasteiger partial charge in [-0.25, -0.2) is 4.68 Å². The quantitative estimate of drug-likeness (QED) is 0.749. The predicted molar refractivity (Wildman–Crippen MR) is 51.1 cm³/mol. The smallest absolute Gasteiger partial charge is 0.259 e. The molecule has 0 bridgehead atoms. The first-order chi connectivity index (χ1) is 7.47. The van der Waals surface area contributed by atoms with E-state index in [1.54, 1.807) is 19.1 Å². The summed E-state index contributed by atoms with van der Waals surface area (Å²) in [7, 11) is 0. The molecule has 0 unspecified atom stereocenters. The fraction of sp³-hybridized carbons (Fsp3) is 0.200. The molecule has 6 heteroatoms. The highest BCUT2D eigenvalue weighted by atomic mass is 19.4. The fourth-order valence-corrected chi connectivity index (χ4v) is 1.21. The average molecular weight is 227 g/mol. The van der Waals surface area contributed by atoms with Crippen LogP contribution >= 0.6 is 0 Å². The molecule has 2 aromatic rings. The standard InChI is InChI=1S/C10H8F3N3/c1-7-2-3-8(6-14-7)16-5-4-9(15-16)10(11,12)13/h2-6H,1H3. The first-order valence-corrected chi connectivity index (χ1v) is 4.53. The Labute approximate surface area is 89.5 Å². The maximum atomic E-state index is 12.3. The molecule has 0 atom stereocenters. The van der Waals surface area contributed by atoms with Gasteiger partial charge in [0.1, 0.15) is 0 Å². The van der Waals surface area contributed by atoms with E-state index in [2.05, 4.69) is 10.1 Å². The summed E-state index contributed by atoms with van der Waals surface area (Å²) in [5.41, 5.74) is 0.390. The Bertz CT molecular complexity index is 485. The minimum absolute atomic E-state index is 0.501. The lowest BCUT2D eigenvalue weighted by atomic mass is 10.3. The van der Waals surface area contributed by atoms with Crippen molar-refractivity contribution in [3.8, 4) is 5.69 Å². The van der Waals surface area contributed by atoms with E-state index >= 15 is 0 Å². The Balaban J connectivity index is 2.35. The van der Waals surface area contributed by atoms with Crippen LogP contribution in [0.15, 0.2) is 30.6 Å². The SMILES string of the molecule is Cc1ccc(-n2ccc(C(F)(F)F)n2)cn1. The highest BCUT2D eigenvalue weighted by molar-refractivity contribution is 5.28. The van der Waals surface area contributed by atoms with E-state index in [0.717, 1.165) is 16.4 Å². The topological polar surface area (TPSA) is 30.7 Å². The van der Waals surface area contributed by atoms with E-state index in [4.69, 9.17) is 0 Å². The second-order valence-corrected chi connectivity index (χ2v) is 3.30. The van der Waals surface area contributed by atoms with Crippen molar-refractivity contribution in [2.24, 2.45) is 0 Å². The zero-order chi connectivity index (χ0) is 11.8. The van der Waals surface area contributed by atoms with Crippen LogP contribution in [-0.4, -0.2) is 14.8 Å². The van der Waals surface area contributed by atoms with Gasteiger partial charge in [-0.3, -0.25) is 4.98 Å². The van der Waals surface area contributed by atoms with Crippen LogP contribution in [0.4, 0.5) is 13.2 Å². The Kier molecular flexibility index (Phi) is 2.41. The number of halogens is 3. The van der Waals surface area contributed by atoms with Crippen LogP contribution in [0, 0.1) is 6.92 Å². The third-order valence-electron chi connectivity index (χ3n) is 2.04. The molecule has 2 heterocycles. The lowest BCUT2D eigenvalue weighted by molar-refractivity contribution is -0.141. The van der Waals surface area contributed by atoms with Gasteiger partial charge in [0.25, 0.3) is 0 Å². The van der Waals surface area contributed by atoms with Gasteiger partial charge in [0.05, 0.1) is 11.9 Å². The first kappa shape index (κ1) is 10.7. The summed E-state index contributed by atoms with van der Waals surface area (Å²) in [6.07, 6.45) is -1.68. The van der Waals surface area contributed by atoms with Gasteiger partial charge in [-0.1, -0.05) is 0 Å². The first-order valence-electron chi connectivity index (χ1n) is 4.53. The normalized spacial score (nSPS) is 11.8. The van der Waals surface area contributed by atoms with Crippen LogP contribution in [0.25, 0.3) is 5.69 Å². The predicted octanol–water partition coefficient (Wildman–Crippen LogP) is 2.59. The molecule has 0 amide bonds. The van der Waals surface area contributed by atoms with E-state index in [-0.39, 0.29) is 0 Å². The minimum atomic E-state index is -4.41. The molecule has 3 nitrogen and oxygen atoms in total. The summed E-state index contributed by atoms with van der Waals surface area (Å²) in [4.78, 5) is 3.98. The summed E-state index contributed by atoms with van der Waals surface area (Å²) >= 11 is 0. The van der Waals surface area contributed by atoms with Crippen molar-refractivity contribution >= 4 is 0 Å². The molecule has 2 rings (SSSR count). The Morgan fingerprint density at radius 1 is 1.19 bits per heavy atom. The third kappa shape index (κ3) is 2.05. The summed E-state index contributed by atoms with van der Waals surface area (Å²) in [6, 6.07) is 4.31. The molecule has 0 radical (unpaired) electrons. The molecule has 2 aromatic heterocycles. The van der Waals surface area contributed by atoms with E-state index < -0.39 is 11.9 Å². The zero-order valence-corrected chi connectivity index (χ0v) is 8.36. The summed E-state index contributed by atoms with van der Waals surface area (Å²) in [5.74, 6) is 0. The van der Waals surface area contributed by atoms with Crippen LogP contribution < -0.4 is 0 Å². The molecule has 0 aromatic carbocycles. The molecular weight excluding hydrogens is 219 g/mol. The second-order valence-electron chi connectivity index (χ2n) is 3.30. The van der Waals surface area contributed by atoms with Crippen molar-refractivity contribution in [1.29, 1.82) is 0 Å². The summed E-state index contributed by atoms with van der Waals surface area (Å²) < 4.78 is 38.0. The summed E-state index contributed by atoms with van der Waals surface area (Å²) in [5, 5.41) is 3.43. The van der Waals surface area contributed by atoms with E-state index in [0.29, 0.717) is 5.69 Å². The van der Waals surface area contributed by atoms with Crippen LogP contribution in [0.1, 0.15) is 11.4 Å². The number of aryl methyl sites for hydroxylation is 1. The number of aromatic nitrogens is 3. The Morgan fingerprint density at radius 2 is 1.94 bits per heavy atom. The minimum Gasteiger partial charge on any atom is -0.259 e. The van der Waals surface area contributed by atoms with E-state index in [1.807, 2.05) is 0 Å². The van der Waals surface area contributed by atoms with Crippen molar-refractivity contribution < 1.29 is 13.2 Å². The van der Waals surface area contributed by atoms with Crippen LogP contribution in [0.2, 0.25) is 0 Å². The van der Waals surface area contributed by atoms with Crippen LogP contribution in [0.5, 0.6) is 0 Å². The summed E-state index contributed by atoms with van der Waals surface area (Å²) in [6.45, 7) is 1.80. The number of hydrogen-bond donors (Lipinski definition) is 0. The molecule has 0 spiro atoms. The molecule has 0 fully saturated rings. The van der Waals surface area contributed by atoms with Gasteiger partial charge in [-0.2, -0.15) is 18.3 Å². The van der Waals surface area contributed by atoms with Gasteiger partial charge in [-0.05, 0) is 25.1 Å². The fourth-order valence-electron chi connectivity index (χ4n) is 1.21. The van der Waals surface area contributed by atoms with E-state index in [1.165, 1.54) is 12.4 Å². The average Bonchev–Trinajstić information content (AvgIpc) is 2.67. The van der Waals surface area contributed by atoms with Gasteiger partial charge in [-0.15, -0.1) is 0 Å². The van der Waals surface area contributed by atoms with Gasteiger partial charge in [0.15, 0.2) is 5.69 Å². The number of pyridine rings is 1. The van der Waals surface area contributed by atoms with E-state index in [9.17, 15) is 13.2 Å². The Hall–Kier alpha value is -1.85. The highest BCUT2D eigenvalue weighted by Crippen LogP contribution is 2.27. The van der Waals surface area contributed by atoms with Gasteiger partial charge in [0, 0.05) is 11.9 Å². The number of alkyl halides is 3. The molecule has 0 N–H and O–H groups in total. The number of nitrogens with zero attached hydrogens (tertiary/aromatic N) is 3. The van der Waals surface area contributed by atoms with Gasteiger partial charge >= 0.3 is 6.18 Å². The maximum Gasteiger partial charge on any atom is 0.435 e. The number of rotatable bonds is 1. The Morgan fingerprint density at radius 3 is 2.44 bits per heavy atom. The lowest BCUT2D eigenvalue weighted by Gasteiger charge is -2.02. The highest BCUT2D eigenvalue weighted by Gasteiger charge is 2.33. The molecule has 0 aliphatic carbocycles. The van der Waals surface area contributed by atoms with Crippen molar-refractivity contribution in [1.82, 2.24) is 14.8 Å². The molecule has 0 aliphatic heterocycles. The van der Waals surface area contributed by atoms with Gasteiger partial charge < -0.3 is 0 Å². The molecule has 0 saturated carbocycles. The van der Waals surface area contributed by atoms with Crippen molar-refractivity contribution in [3.05, 3.63) is 42.0 Å². The molecule has 16 heavy (non-hydrogen) atoms.